The van der Waals surface area contributed by atoms with Gasteiger partial charge in [-0.25, -0.2) is 15.0 Å². The van der Waals surface area contributed by atoms with Crippen molar-refractivity contribution in [3.63, 3.8) is 0 Å². The molecule has 1 fully saturated rings. The van der Waals surface area contributed by atoms with Crippen LogP contribution >= 0.6 is 0 Å². The van der Waals surface area contributed by atoms with E-state index < -0.39 is 0 Å². The highest BCUT2D eigenvalue weighted by molar-refractivity contribution is 5.35. The fourth-order valence-electron chi connectivity index (χ4n) is 2.68. The van der Waals surface area contributed by atoms with E-state index in [1.165, 1.54) is 19.3 Å². The molecule has 0 saturated carbocycles. The molecule has 2 heterocycles. The van der Waals surface area contributed by atoms with E-state index >= 15 is 0 Å². The number of rotatable bonds is 3. The number of nitrogens with zero attached hydrogens (tertiary/aromatic N) is 3. The molecular weight excluding hydrogens is 236 g/mol. The highest BCUT2D eigenvalue weighted by atomic mass is 15.5. The smallest absolute Gasteiger partial charge is 0.144 e. The summed E-state index contributed by atoms with van der Waals surface area (Å²) < 4.78 is 0. The SMILES string of the molecule is Cc1cc(NN2C(C)CCCC2C)nc(C(C)C)n1. The molecule has 2 rings (SSSR count). The van der Waals surface area contributed by atoms with Gasteiger partial charge in [-0.15, -0.1) is 0 Å². The molecule has 1 aliphatic rings. The van der Waals surface area contributed by atoms with E-state index in [1.54, 1.807) is 0 Å². The fourth-order valence-corrected chi connectivity index (χ4v) is 2.68. The summed E-state index contributed by atoms with van der Waals surface area (Å²) in [5.41, 5.74) is 4.53. The van der Waals surface area contributed by atoms with Gasteiger partial charge in [0.05, 0.1) is 0 Å². The van der Waals surface area contributed by atoms with Crippen molar-refractivity contribution in [3.8, 4) is 0 Å². The minimum atomic E-state index is 0.358. The molecule has 1 aliphatic heterocycles. The average Bonchev–Trinajstić information content (AvgIpc) is 2.33. The van der Waals surface area contributed by atoms with Crippen molar-refractivity contribution < 1.29 is 0 Å². The molecule has 106 valence electrons. The summed E-state index contributed by atoms with van der Waals surface area (Å²) >= 11 is 0. The van der Waals surface area contributed by atoms with Crippen molar-refractivity contribution in [2.75, 3.05) is 5.43 Å². The quantitative estimate of drug-likeness (QED) is 0.905. The van der Waals surface area contributed by atoms with E-state index in [0.717, 1.165) is 17.3 Å². The third-order valence-corrected chi connectivity index (χ3v) is 3.83. The number of aromatic nitrogens is 2. The van der Waals surface area contributed by atoms with Crippen LogP contribution in [0.4, 0.5) is 5.82 Å². The molecule has 0 amide bonds. The first-order chi connectivity index (χ1) is 8.97. The van der Waals surface area contributed by atoms with Gasteiger partial charge in [0.15, 0.2) is 0 Å². The van der Waals surface area contributed by atoms with Crippen LogP contribution < -0.4 is 5.43 Å². The number of hydrazine groups is 1. The van der Waals surface area contributed by atoms with Gasteiger partial charge in [-0.2, -0.15) is 0 Å². The number of hydrogen-bond acceptors (Lipinski definition) is 4. The predicted octanol–water partition coefficient (Wildman–Crippen LogP) is 3.50. The van der Waals surface area contributed by atoms with Crippen molar-refractivity contribution in [2.24, 2.45) is 0 Å². The van der Waals surface area contributed by atoms with Crippen molar-refractivity contribution in [3.05, 3.63) is 17.6 Å². The van der Waals surface area contributed by atoms with Crippen molar-refractivity contribution in [1.82, 2.24) is 15.0 Å². The summed E-state index contributed by atoms with van der Waals surface area (Å²) in [6, 6.07) is 3.14. The zero-order valence-corrected chi connectivity index (χ0v) is 12.8. The van der Waals surface area contributed by atoms with E-state index in [1.807, 2.05) is 13.0 Å². The monoisotopic (exact) mass is 262 g/mol. The summed E-state index contributed by atoms with van der Waals surface area (Å²) in [6.07, 6.45) is 3.82. The molecule has 0 radical (unpaired) electrons. The zero-order chi connectivity index (χ0) is 14.0. The second-order valence-corrected chi connectivity index (χ2v) is 6.06. The molecule has 2 atom stereocenters. The van der Waals surface area contributed by atoms with Crippen LogP contribution in [0.1, 0.15) is 64.4 Å². The van der Waals surface area contributed by atoms with Crippen LogP contribution in [0, 0.1) is 6.92 Å². The van der Waals surface area contributed by atoms with E-state index in [2.05, 4.69) is 48.1 Å². The van der Waals surface area contributed by atoms with Gasteiger partial charge in [0.2, 0.25) is 0 Å². The molecule has 1 saturated heterocycles. The van der Waals surface area contributed by atoms with Crippen LogP contribution in [-0.4, -0.2) is 27.1 Å². The highest BCUT2D eigenvalue weighted by Crippen LogP contribution is 2.23. The number of piperidine rings is 1. The summed E-state index contributed by atoms with van der Waals surface area (Å²) in [5.74, 6) is 2.20. The van der Waals surface area contributed by atoms with Gasteiger partial charge in [0.1, 0.15) is 11.6 Å². The molecule has 1 aromatic heterocycles. The Labute approximate surface area is 116 Å². The average molecular weight is 262 g/mol. The van der Waals surface area contributed by atoms with E-state index in [9.17, 15) is 0 Å². The Kier molecular flexibility index (Phi) is 4.40. The maximum Gasteiger partial charge on any atom is 0.144 e. The topological polar surface area (TPSA) is 41.0 Å². The van der Waals surface area contributed by atoms with Crippen molar-refractivity contribution in [2.45, 2.75) is 71.9 Å². The van der Waals surface area contributed by atoms with Crippen LogP contribution in [0.25, 0.3) is 0 Å². The lowest BCUT2D eigenvalue weighted by Gasteiger charge is -2.39. The molecule has 1 N–H and O–H groups in total. The van der Waals surface area contributed by atoms with Crippen LogP contribution in [0.3, 0.4) is 0 Å². The Bertz CT molecular complexity index is 420. The van der Waals surface area contributed by atoms with E-state index in [4.69, 9.17) is 0 Å². The maximum absolute atomic E-state index is 4.63. The standard InChI is InChI=1S/C15H26N4/c1-10(2)15-16-11(3)9-14(17-15)18-19-12(4)7-6-8-13(19)5/h9-10,12-13H,6-8H2,1-5H3,(H,16,17,18). The van der Waals surface area contributed by atoms with Gasteiger partial charge in [0.25, 0.3) is 0 Å². The molecule has 0 aromatic carbocycles. The zero-order valence-electron chi connectivity index (χ0n) is 12.8. The van der Waals surface area contributed by atoms with E-state index in [-0.39, 0.29) is 0 Å². The van der Waals surface area contributed by atoms with Crippen LogP contribution in [0.5, 0.6) is 0 Å². The van der Waals surface area contributed by atoms with Gasteiger partial charge in [-0.1, -0.05) is 20.3 Å². The largest absolute Gasteiger partial charge is 0.302 e. The van der Waals surface area contributed by atoms with Gasteiger partial charge < -0.3 is 5.43 Å². The summed E-state index contributed by atoms with van der Waals surface area (Å²) in [5, 5.41) is 2.34. The van der Waals surface area contributed by atoms with Crippen molar-refractivity contribution >= 4 is 5.82 Å². The van der Waals surface area contributed by atoms with E-state index in [0.29, 0.717) is 18.0 Å². The Hall–Kier alpha value is -1.16. The summed E-state index contributed by atoms with van der Waals surface area (Å²) in [4.78, 5) is 9.13. The number of aryl methyl sites for hydroxylation is 1. The summed E-state index contributed by atoms with van der Waals surface area (Å²) in [6.45, 7) is 10.8. The lowest BCUT2D eigenvalue weighted by Crippen LogP contribution is -2.47. The van der Waals surface area contributed by atoms with Crippen molar-refractivity contribution in [1.29, 1.82) is 0 Å². The molecule has 19 heavy (non-hydrogen) atoms. The molecule has 4 nitrogen and oxygen atoms in total. The molecule has 0 aliphatic carbocycles. The normalized spacial score (nSPS) is 24.7. The highest BCUT2D eigenvalue weighted by Gasteiger charge is 2.25. The second-order valence-electron chi connectivity index (χ2n) is 6.06. The first kappa shape index (κ1) is 14.3. The molecule has 1 aromatic rings. The second kappa shape index (κ2) is 5.87. The number of nitrogens with one attached hydrogen (secondary N) is 1. The first-order valence-electron chi connectivity index (χ1n) is 7.38. The van der Waals surface area contributed by atoms with Gasteiger partial charge in [-0.05, 0) is 33.6 Å². The molecule has 4 heteroatoms. The Morgan fingerprint density at radius 3 is 2.42 bits per heavy atom. The number of hydrogen-bond donors (Lipinski definition) is 1. The molecular formula is C15H26N4. The number of anilines is 1. The molecule has 0 bridgehead atoms. The minimum Gasteiger partial charge on any atom is -0.302 e. The van der Waals surface area contributed by atoms with Crippen LogP contribution in [0.2, 0.25) is 0 Å². The van der Waals surface area contributed by atoms with Gasteiger partial charge in [0, 0.05) is 29.8 Å². The van der Waals surface area contributed by atoms with Gasteiger partial charge in [-0.3, -0.25) is 0 Å². The Balaban J connectivity index is 2.17. The lowest BCUT2D eigenvalue weighted by atomic mass is 10.00. The third kappa shape index (κ3) is 3.44. The van der Waals surface area contributed by atoms with Crippen LogP contribution in [0.15, 0.2) is 6.07 Å². The first-order valence-corrected chi connectivity index (χ1v) is 7.38. The molecule has 0 spiro atoms. The van der Waals surface area contributed by atoms with Crippen LogP contribution in [-0.2, 0) is 0 Å². The van der Waals surface area contributed by atoms with Gasteiger partial charge >= 0.3 is 0 Å². The maximum atomic E-state index is 4.63. The minimum absolute atomic E-state index is 0.358. The fraction of sp³-hybridized carbons (Fsp3) is 0.733. The Morgan fingerprint density at radius 2 is 1.84 bits per heavy atom. The summed E-state index contributed by atoms with van der Waals surface area (Å²) in [7, 11) is 0. The Morgan fingerprint density at radius 1 is 1.21 bits per heavy atom. The third-order valence-electron chi connectivity index (χ3n) is 3.83. The molecule has 2 unspecified atom stereocenters. The predicted molar refractivity (Wildman–Crippen MR) is 79.1 cm³/mol. The lowest BCUT2D eigenvalue weighted by molar-refractivity contribution is 0.135.